The van der Waals surface area contributed by atoms with Crippen LogP contribution in [0.25, 0.3) is 0 Å². The molecule has 1 aliphatic heterocycles. The third-order valence-electron chi connectivity index (χ3n) is 0.985. The third-order valence-corrected chi connectivity index (χ3v) is 1.50. The molecule has 6 nitrogen and oxygen atoms in total. The molecule has 0 aromatic rings. The first-order valence-electron chi connectivity index (χ1n) is 2.60. The summed E-state index contributed by atoms with van der Waals surface area (Å²) in [7, 11) is -4.44. The van der Waals surface area contributed by atoms with Gasteiger partial charge in [0.2, 0.25) is 0 Å². The molecule has 1 heterocycles. The predicted octanol–water partition coefficient (Wildman–Crippen LogP) is -4.10. The first-order valence-corrected chi connectivity index (χ1v) is 4.13. The zero-order chi connectivity index (χ0) is 7.78. The van der Waals surface area contributed by atoms with Crippen LogP contribution < -0.4 is 57.1 Å². The number of hydrogen-bond donors (Lipinski definition) is 3. The van der Waals surface area contributed by atoms with Crippen molar-refractivity contribution in [2.24, 2.45) is 5.73 Å². The van der Waals surface area contributed by atoms with Crippen LogP contribution in [-0.2, 0) is 13.8 Å². The summed E-state index contributed by atoms with van der Waals surface area (Å²) in [5.74, 6) is 0. The van der Waals surface area contributed by atoms with E-state index in [1.54, 1.807) is 0 Å². The fourth-order valence-corrected chi connectivity index (χ4v) is 0.925. The summed E-state index contributed by atoms with van der Waals surface area (Å²) >= 11 is 0. The second-order valence-electron chi connectivity index (χ2n) is 1.93. The average molecular weight is 209 g/mol. The van der Waals surface area contributed by atoms with Crippen LogP contribution in [0.3, 0.4) is 0 Å². The van der Waals surface area contributed by atoms with Crippen LogP contribution in [0.15, 0.2) is 0 Å². The molecule has 11 heavy (non-hydrogen) atoms. The predicted molar refractivity (Wildman–Crippen MR) is 32.0 cm³/mol. The Morgan fingerprint density at radius 1 is 1.82 bits per heavy atom. The number of hydrogen-bond acceptors (Lipinski definition) is 4. The van der Waals surface area contributed by atoms with Crippen molar-refractivity contribution in [1.29, 1.82) is 0 Å². The van der Waals surface area contributed by atoms with Gasteiger partial charge in [-0.25, -0.2) is 4.57 Å². The Hall–Kier alpha value is 1.67. The van der Waals surface area contributed by atoms with Crippen molar-refractivity contribution >= 4 is 7.82 Å². The number of nitrogens with two attached hydrogens (primary N) is 1. The van der Waals surface area contributed by atoms with Crippen LogP contribution in [0.5, 0.6) is 0 Å². The molecule has 0 amide bonds. The summed E-state index contributed by atoms with van der Waals surface area (Å²) < 4.78 is 18.8. The van der Waals surface area contributed by atoms with Gasteiger partial charge in [0.05, 0.1) is 6.61 Å². The molecule has 1 aliphatic rings. The van der Waals surface area contributed by atoms with Gasteiger partial charge in [0.1, 0.15) is 12.3 Å². The van der Waals surface area contributed by atoms with E-state index in [1.807, 2.05) is 0 Å². The topological polar surface area (TPSA) is 105 Å². The van der Waals surface area contributed by atoms with Crippen molar-refractivity contribution in [2.45, 2.75) is 12.3 Å². The van der Waals surface area contributed by atoms with Crippen LogP contribution >= 0.6 is 7.82 Å². The van der Waals surface area contributed by atoms with E-state index in [9.17, 15) is 4.57 Å². The molecular formula is C3H9KNO5P. The van der Waals surface area contributed by atoms with E-state index >= 15 is 0 Å². The Kier molecular flexibility index (Phi) is 5.50. The van der Waals surface area contributed by atoms with Crippen LogP contribution in [0, 0.1) is 0 Å². The molecule has 0 aromatic heterocycles. The van der Waals surface area contributed by atoms with Crippen LogP contribution in [0.2, 0.25) is 0 Å². The van der Waals surface area contributed by atoms with Gasteiger partial charge in [0, 0.05) is 0 Å². The van der Waals surface area contributed by atoms with Gasteiger partial charge in [0.25, 0.3) is 0 Å². The Balaban J connectivity index is 0. The SMILES string of the molecule is NC(OP(=O)(O)O)C1CO1.[H-].[K+]. The molecule has 1 saturated heterocycles. The zero-order valence-corrected chi connectivity index (χ0v) is 10.0. The monoisotopic (exact) mass is 209 g/mol. The Morgan fingerprint density at radius 3 is 2.55 bits per heavy atom. The number of ether oxygens (including phenoxy) is 1. The molecule has 1 rings (SSSR count). The molecule has 0 spiro atoms. The van der Waals surface area contributed by atoms with Gasteiger partial charge >= 0.3 is 59.2 Å². The van der Waals surface area contributed by atoms with Gasteiger partial charge in [-0.15, -0.1) is 0 Å². The minimum absolute atomic E-state index is 0. The van der Waals surface area contributed by atoms with E-state index in [-0.39, 0.29) is 58.9 Å². The van der Waals surface area contributed by atoms with Gasteiger partial charge in [-0.05, 0) is 0 Å². The van der Waals surface area contributed by atoms with Crippen molar-refractivity contribution in [2.75, 3.05) is 6.61 Å². The largest absolute Gasteiger partial charge is 1.00 e. The minimum Gasteiger partial charge on any atom is -1.00 e. The Bertz CT molecular complexity index is 172. The summed E-state index contributed by atoms with van der Waals surface area (Å²) in [6.07, 6.45) is -1.37. The van der Waals surface area contributed by atoms with Crippen molar-refractivity contribution in [3.63, 3.8) is 0 Å². The smallest absolute Gasteiger partial charge is 1.00 e. The molecule has 4 N–H and O–H groups in total. The molecule has 1 fully saturated rings. The molecule has 2 unspecified atom stereocenters. The molecule has 8 heteroatoms. The molecule has 0 saturated carbocycles. The number of rotatable bonds is 3. The Morgan fingerprint density at radius 2 is 2.27 bits per heavy atom. The van der Waals surface area contributed by atoms with E-state index in [0.29, 0.717) is 6.61 Å². The van der Waals surface area contributed by atoms with Crippen LogP contribution in [0.4, 0.5) is 0 Å². The molecule has 0 bridgehead atoms. The quantitative estimate of drug-likeness (QED) is 0.189. The molecule has 62 valence electrons. The zero-order valence-electron chi connectivity index (χ0n) is 7.01. The summed E-state index contributed by atoms with van der Waals surface area (Å²) in [6.45, 7) is 0.404. The van der Waals surface area contributed by atoms with Crippen molar-refractivity contribution in [1.82, 2.24) is 0 Å². The second kappa shape index (κ2) is 4.78. The summed E-state index contributed by atoms with van der Waals surface area (Å²) in [6, 6.07) is 0. The third kappa shape index (κ3) is 5.84. The fraction of sp³-hybridized carbons (Fsp3) is 1.00. The van der Waals surface area contributed by atoms with Crippen LogP contribution in [-0.4, -0.2) is 28.7 Å². The maximum Gasteiger partial charge on any atom is 1.00 e. The second-order valence-corrected chi connectivity index (χ2v) is 3.12. The summed E-state index contributed by atoms with van der Waals surface area (Å²) in [4.78, 5) is 16.4. The number of epoxide rings is 1. The first kappa shape index (κ1) is 12.7. The van der Waals surface area contributed by atoms with Gasteiger partial charge in [0.15, 0.2) is 0 Å². The average Bonchev–Trinajstić information content (AvgIpc) is 2.35. The van der Waals surface area contributed by atoms with E-state index < -0.39 is 14.1 Å². The Labute approximate surface area is 108 Å². The number of phosphoric acid groups is 1. The van der Waals surface area contributed by atoms with E-state index in [2.05, 4.69) is 9.26 Å². The van der Waals surface area contributed by atoms with Gasteiger partial charge in [-0.3, -0.25) is 4.52 Å². The molecule has 2 atom stereocenters. The maximum absolute atomic E-state index is 10.1. The minimum atomic E-state index is -4.44. The molecule has 0 aromatic carbocycles. The van der Waals surface area contributed by atoms with Crippen molar-refractivity contribution < 1.29 is 76.4 Å². The van der Waals surface area contributed by atoms with Gasteiger partial charge in [-0.1, -0.05) is 0 Å². The standard InChI is InChI=1S/C3H8NO5P.K.H/c4-3(2-1-8-2)9-10(5,6)7;;/h2-3H,1,4H2,(H2,5,6,7);;/q;+1;-1. The van der Waals surface area contributed by atoms with Crippen molar-refractivity contribution in [3.8, 4) is 0 Å². The van der Waals surface area contributed by atoms with Gasteiger partial charge in [-0.2, -0.15) is 0 Å². The maximum atomic E-state index is 10.1. The molecule has 0 aliphatic carbocycles. The summed E-state index contributed by atoms with van der Waals surface area (Å²) in [5, 5.41) is 0. The van der Waals surface area contributed by atoms with Crippen molar-refractivity contribution in [3.05, 3.63) is 0 Å². The summed E-state index contributed by atoms with van der Waals surface area (Å²) in [5.41, 5.74) is 5.13. The van der Waals surface area contributed by atoms with Gasteiger partial charge < -0.3 is 21.7 Å². The van der Waals surface area contributed by atoms with E-state index in [4.69, 9.17) is 15.5 Å². The number of phosphoric ester groups is 1. The first-order chi connectivity index (χ1) is 4.49. The van der Waals surface area contributed by atoms with E-state index in [1.165, 1.54) is 0 Å². The molecule has 0 radical (unpaired) electrons. The van der Waals surface area contributed by atoms with Crippen LogP contribution in [0.1, 0.15) is 1.43 Å². The normalized spacial score (nSPS) is 25.5. The fourth-order valence-electron chi connectivity index (χ4n) is 0.472. The molecular weight excluding hydrogens is 200 g/mol. The van der Waals surface area contributed by atoms with E-state index in [0.717, 1.165) is 0 Å².